The number of carbonyl (C=O) groups is 2. The summed E-state index contributed by atoms with van der Waals surface area (Å²) in [6, 6.07) is 16.8. The number of nitrogens with zero attached hydrogens (tertiary/aromatic N) is 1. The molecule has 1 atom stereocenters. The molecule has 0 aliphatic heterocycles. The summed E-state index contributed by atoms with van der Waals surface area (Å²) in [5, 5.41) is 5.66. The zero-order chi connectivity index (χ0) is 29.5. The molecular formula is C33H43N3O4. The molecule has 0 bridgehead atoms. The van der Waals surface area contributed by atoms with Gasteiger partial charge in [0, 0.05) is 17.2 Å². The van der Waals surface area contributed by atoms with Crippen LogP contribution in [0.15, 0.2) is 60.8 Å². The molecule has 2 N–H and O–H groups in total. The summed E-state index contributed by atoms with van der Waals surface area (Å²) < 4.78 is 11.8. The van der Waals surface area contributed by atoms with Crippen LogP contribution >= 0.6 is 0 Å². The van der Waals surface area contributed by atoms with Crippen LogP contribution in [0.4, 0.5) is 11.5 Å². The van der Waals surface area contributed by atoms with Crippen LogP contribution in [-0.4, -0.2) is 30.0 Å². The molecule has 1 aromatic heterocycles. The van der Waals surface area contributed by atoms with E-state index in [1.54, 1.807) is 30.3 Å². The topological polar surface area (TPSA) is 89.5 Å². The van der Waals surface area contributed by atoms with Crippen LogP contribution in [0.25, 0.3) is 0 Å². The SMILES string of the molecule is CCC(Oc1ccc(C(C)(C)CC)cc1C(C)(C)CC)C(=O)Nc1cnc(NC(=O)c2ccccc2)c(OC)c1. The lowest BCUT2D eigenvalue weighted by Gasteiger charge is -2.31. The molecule has 7 heteroatoms. The number of nitrogens with one attached hydrogen (secondary N) is 2. The highest BCUT2D eigenvalue weighted by Gasteiger charge is 2.29. The second-order valence-electron chi connectivity index (χ2n) is 11.3. The Bertz CT molecular complexity index is 1320. The van der Waals surface area contributed by atoms with Crippen LogP contribution in [0.3, 0.4) is 0 Å². The van der Waals surface area contributed by atoms with Gasteiger partial charge in [0.05, 0.1) is 19.0 Å². The number of carbonyl (C=O) groups excluding carboxylic acids is 2. The van der Waals surface area contributed by atoms with E-state index in [0.29, 0.717) is 23.4 Å². The van der Waals surface area contributed by atoms with E-state index >= 15 is 0 Å². The first-order valence-corrected chi connectivity index (χ1v) is 14.0. The van der Waals surface area contributed by atoms with Gasteiger partial charge in [0.15, 0.2) is 17.7 Å². The lowest BCUT2D eigenvalue weighted by Crippen LogP contribution is -2.33. The van der Waals surface area contributed by atoms with Crippen molar-refractivity contribution < 1.29 is 19.1 Å². The summed E-state index contributed by atoms with van der Waals surface area (Å²) in [4.78, 5) is 30.2. The van der Waals surface area contributed by atoms with E-state index in [4.69, 9.17) is 9.47 Å². The van der Waals surface area contributed by atoms with Gasteiger partial charge in [-0.15, -0.1) is 0 Å². The second-order valence-corrected chi connectivity index (χ2v) is 11.3. The lowest BCUT2D eigenvalue weighted by atomic mass is 9.76. The number of rotatable bonds is 12. The van der Waals surface area contributed by atoms with E-state index < -0.39 is 6.10 Å². The number of benzene rings is 2. The zero-order valence-corrected chi connectivity index (χ0v) is 25.1. The van der Waals surface area contributed by atoms with Crippen molar-refractivity contribution in [3.05, 3.63) is 77.5 Å². The van der Waals surface area contributed by atoms with Crippen molar-refractivity contribution >= 4 is 23.3 Å². The van der Waals surface area contributed by atoms with Gasteiger partial charge in [-0.3, -0.25) is 9.59 Å². The standard InChI is InChI=1S/C33H43N3O4/c1-9-26(40-27-18-17-23(32(4,5)10-2)19-25(27)33(6,7)11-3)31(38)35-24-20-28(39-8)29(34-21-24)36-30(37)22-15-13-12-14-16-22/h12-21,26H,9-11H2,1-8H3,(H,35,38)(H,34,36,37). The van der Waals surface area contributed by atoms with Crippen molar-refractivity contribution in [2.75, 3.05) is 17.7 Å². The van der Waals surface area contributed by atoms with Gasteiger partial charge in [-0.25, -0.2) is 4.98 Å². The summed E-state index contributed by atoms with van der Waals surface area (Å²) in [6.07, 6.45) is 3.21. The van der Waals surface area contributed by atoms with Crippen molar-refractivity contribution in [1.82, 2.24) is 4.98 Å². The number of ether oxygens (including phenoxy) is 2. The minimum Gasteiger partial charge on any atom is -0.493 e. The normalized spacial score (nSPS) is 12.4. The molecule has 1 heterocycles. The molecule has 214 valence electrons. The molecule has 0 radical (unpaired) electrons. The summed E-state index contributed by atoms with van der Waals surface area (Å²) in [6.45, 7) is 15.2. The monoisotopic (exact) mass is 545 g/mol. The molecule has 0 aliphatic carbocycles. The van der Waals surface area contributed by atoms with E-state index in [2.05, 4.69) is 69.3 Å². The Morgan fingerprint density at radius 1 is 0.875 bits per heavy atom. The zero-order valence-electron chi connectivity index (χ0n) is 25.1. The molecule has 0 aliphatic rings. The summed E-state index contributed by atoms with van der Waals surface area (Å²) in [5.74, 6) is 0.725. The Morgan fingerprint density at radius 3 is 2.15 bits per heavy atom. The highest BCUT2D eigenvalue weighted by molar-refractivity contribution is 6.04. The van der Waals surface area contributed by atoms with E-state index in [-0.39, 0.29) is 28.5 Å². The summed E-state index contributed by atoms with van der Waals surface area (Å²) in [7, 11) is 1.49. The van der Waals surface area contributed by atoms with Gasteiger partial charge in [0.1, 0.15) is 5.75 Å². The van der Waals surface area contributed by atoms with Crippen LogP contribution in [0.1, 0.15) is 89.2 Å². The minimum atomic E-state index is -0.708. The maximum absolute atomic E-state index is 13.3. The number of aromatic nitrogens is 1. The first-order chi connectivity index (χ1) is 18.9. The highest BCUT2D eigenvalue weighted by Crippen LogP contribution is 2.39. The molecule has 0 saturated carbocycles. The Labute approximate surface area is 238 Å². The van der Waals surface area contributed by atoms with Crippen LogP contribution in [0.5, 0.6) is 11.5 Å². The van der Waals surface area contributed by atoms with E-state index in [0.717, 1.165) is 24.2 Å². The first-order valence-electron chi connectivity index (χ1n) is 14.0. The fraction of sp³-hybridized carbons (Fsp3) is 0.424. The van der Waals surface area contributed by atoms with Gasteiger partial charge in [0.2, 0.25) is 0 Å². The third kappa shape index (κ3) is 7.20. The average molecular weight is 546 g/mol. The predicted octanol–water partition coefficient (Wildman–Crippen LogP) is 7.51. The van der Waals surface area contributed by atoms with Gasteiger partial charge >= 0.3 is 0 Å². The van der Waals surface area contributed by atoms with Crippen molar-refractivity contribution in [3.63, 3.8) is 0 Å². The van der Waals surface area contributed by atoms with Crippen LogP contribution in [0, 0.1) is 0 Å². The molecule has 40 heavy (non-hydrogen) atoms. The lowest BCUT2D eigenvalue weighted by molar-refractivity contribution is -0.122. The first kappa shape index (κ1) is 30.7. The number of hydrogen-bond donors (Lipinski definition) is 2. The Hall–Kier alpha value is -3.87. The number of anilines is 2. The van der Waals surface area contributed by atoms with Crippen molar-refractivity contribution in [1.29, 1.82) is 0 Å². The molecule has 3 aromatic rings. The summed E-state index contributed by atoms with van der Waals surface area (Å²) in [5.41, 5.74) is 3.22. The van der Waals surface area contributed by atoms with E-state index in [9.17, 15) is 9.59 Å². The minimum absolute atomic E-state index is 0.0391. The predicted molar refractivity (Wildman–Crippen MR) is 162 cm³/mol. The Morgan fingerprint density at radius 2 is 1.55 bits per heavy atom. The van der Waals surface area contributed by atoms with Gasteiger partial charge in [-0.1, -0.05) is 78.8 Å². The molecule has 2 amide bonds. The number of methoxy groups -OCH3 is 1. The van der Waals surface area contributed by atoms with Crippen LogP contribution in [0.2, 0.25) is 0 Å². The van der Waals surface area contributed by atoms with Gasteiger partial charge in [-0.05, 0) is 53.9 Å². The van der Waals surface area contributed by atoms with Gasteiger partial charge < -0.3 is 20.1 Å². The maximum atomic E-state index is 13.3. The fourth-order valence-electron chi connectivity index (χ4n) is 4.21. The highest BCUT2D eigenvalue weighted by atomic mass is 16.5. The Balaban J connectivity index is 1.81. The molecule has 0 spiro atoms. The molecule has 3 rings (SSSR count). The third-order valence-electron chi connectivity index (χ3n) is 7.80. The number of hydrogen-bond acceptors (Lipinski definition) is 5. The molecule has 1 unspecified atom stereocenters. The van der Waals surface area contributed by atoms with Gasteiger partial charge in [0.25, 0.3) is 11.8 Å². The van der Waals surface area contributed by atoms with Crippen molar-refractivity contribution in [2.45, 2.75) is 84.7 Å². The molecular weight excluding hydrogens is 502 g/mol. The second kappa shape index (κ2) is 13.0. The third-order valence-corrected chi connectivity index (χ3v) is 7.80. The largest absolute Gasteiger partial charge is 0.493 e. The molecule has 0 fully saturated rings. The summed E-state index contributed by atoms with van der Waals surface area (Å²) >= 11 is 0. The van der Waals surface area contributed by atoms with Crippen LogP contribution < -0.4 is 20.1 Å². The fourth-order valence-corrected chi connectivity index (χ4v) is 4.21. The molecule has 7 nitrogen and oxygen atoms in total. The maximum Gasteiger partial charge on any atom is 0.265 e. The quantitative estimate of drug-likeness (QED) is 0.246. The van der Waals surface area contributed by atoms with E-state index in [1.807, 2.05) is 19.1 Å². The Kier molecular flexibility index (Phi) is 9.96. The van der Waals surface area contributed by atoms with Gasteiger partial charge in [-0.2, -0.15) is 0 Å². The van der Waals surface area contributed by atoms with Crippen molar-refractivity contribution in [3.8, 4) is 11.5 Å². The average Bonchev–Trinajstić information content (AvgIpc) is 2.96. The molecule has 0 saturated heterocycles. The number of pyridine rings is 1. The van der Waals surface area contributed by atoms with E-state index in [1.165, 1.54) is 18.9 Å². The number of amides is 2. The molecule has 2 aromatic carbocycles. The van der Waals surface area contributed by atoms with Crippen LogP contribution in [-0.2, 0) is 15.6 Å². The smallest absolute Gasteiger partial charge is 0.265 e. The van der Waals surface area contributed by atoms with Crippen molar-refractivity contribution in [2.24, 2.45) is 0 Å².